The van der Waals surface area contributed by atoms with Crippen LogP contribution in [0.3, 0.4) is 0 Å². The highest BCUT2D eigenvalue weighted by Crippen LogP contribution is 2.13. The number of nitrogens with one attached hydrogen (secondary N) is 1. The van der Waals surface area contributed by atoms with Crippen LogP contribution >= 0.6 is 0 Å². The molecule has 0 spiro atoms. The maximum absolute atomic E-state index is 12.8. The van der Waals surface area contributed by atoms with E-state index in [-0.39, 0.29) is 6.61 Å². The van der Waals surface area contributed by atoms with Gasteiger partial charge < -0.3 is 10.4 Å². The van der Waals surface area contributed by atoms with Gasteiger partial charge in [0.05, 0.1) is 0 Å². The summed E-state index contributed by atoms with van der Waals surface area (Å²) >= 11 is 0. The molecular formula is C12H17F2NO. The standard InChI is InChI=1S/C12H17F2NO/c13-11-6-5-10(9-12(11)14)15-7-3-1-2-4-8-16/h5-6,9,15-16H,1-4,7-8H2. The SMILES string of the molecule is OCCCCCCNc1ccc(F)c(F)c1. The Morgan fingerprint density at radius 1 is 1.00 bits per heavy atom. The molecule has 1 aromatic rings. The van der Waals surface area contributed by atoms with Gasteiger partial charge in [0.2, 0.25) is 0 Å². The van der Waals surface area contributed by atoms with Crippen LogP contribution in [-0.4, -0.2) is 18.3 Å². The molecule has 0 heterocycles. The normalized spacial score (nSPS) is 10.4. The van der Waals surface area contributed by atoms with E-state index in [2.05, 4.69) is 5.32 Å². The van der Waals surface area contributed by atoms with Crippen LogP contribution in [0.2, 0.25) is 0 Å². The van der Waals surface area contributed by atoms with Gasteiger partial charge in [-0.2, -0.15) is 0 Å². The van der Waals surface area contributed by atoms with Crippen LogP contribution in [-0.2, 0) is 0 Å². The van der Waals surface area contributed by atoms with Gasteiger partial charge in [0.25, 0.3) is 0 Å². The molecule has 0 atom stereocenters. The van der Waals surface area contributed by atoms with E-state index in [0.717, 1.165) is 44.4 Å². The third kappa shape index (κ3) is 4.57. The molecule has 0 aliphatic heterocycles. The molecule has 0 saturated heterocycles. The Hall–Kier alpha value is -1.16. The van der Waals surface area contributed by atoms with Crippen molar-refractivity contribution in [2.75, 3.05) is 18.5 Å². The van der Waals surface area contributed by atoms with E-state index in [1.807, 2.05) is 0 Å². The zero-order valence-corrected chi connectivity index (χ0v) is 9.18. The molecule has 16 heavy (non-hydrogen) atoms. The van der Waals surface area contributed by atoms with Crippen LogP contribution in [0.15, 0.2) is 18.2 Å². The maximum Gasteiger partial charge on any atom is 0.160 e. The molecule has 2 N–H and O–H groups in total. The van der Waals surface area contributed by atoms with Gasteiger partial charge in [-0.25, -0.2) is 8.78 Å². The Morgan fingerprint density at radius 2 is 1.75 bits per heavy atom. The summed E-state index contributed by atoms with van der Waals surface area (Å²) in [6.45, 7) is 0.965. The fourth-order valence-corrected chi connectivity index (χ4v) is 1.43. The van der Waals surface area contributed by atoms with Gasteiger partial charge in [0, 0.05) is 18.8 Å². The summed E-state index contributed by atoms with van der Waals surface area (Å²) in [5.41, 5.74) is 0.598. The molecule has 0 aliphatic rings. The second kappa shape index (κ2) is 7.17. The Morgan fingerprint density at radius 3 is 2.44 bits per heavy atom. The smallest absolute Gasteiger partial charge is 0.160 e. The maximum atomic E-state index is 12.8. The number of aliphatic hydroxyl groups is 1. The summed E-state index contributed by atoms with van der Waals surface area (Å²) in [4.78, 5) is 0. The van der Waals surface area contributed by atoms with Crippen molar-refractivity contribution < 1.29 is 13.9 Å². The predicted octanol–water partition coefficient (Wildman–Crippen LogP) is 2.93. The van der Waals surface area contributed by atoms with Crippen LogP contribution in [0.4, 0.5) is 14.5 Å². The lowest BCUT2D eigenvalue weighted by Crippen LogP contribution is -2.02. The summed E-state index contributed by atoms with van der Waals surface area (Å²) in [6.07, 6.45) is 3.80. The molecule has 90 valence electrons. The first-order valence-electron chi connectivity index (χ1n) is 5.54. The van der Waals surface area contributed by atoms with Crippen molar-refractivity contribution in [2.45, 2.75) is 25.7 Å². The third-order valence-corrected chi connectivity index (χ3v) is 2.33. The molecule has 0 bridgehead atoms. The lowest BCUT2D eigenvalue weighted by Gasteiger charge is -2.06. The second-order valence-electron chi connectivity index (χ2n) is 3.69. The van der Waals surface area contributed by atoms with Gasteiger partial charge in [0.15, 0.2) is 11.6 Å². The Bertz CT molecular complexity index is 318. The highest BCUT2D eigenvalue weighted by atomic mass is 19.2. The van der Waals surface area contributed by atoms with E-state index in [1.165, 1.54) is 6.07 Å². The Balaban J connectivity index is 2.19. The minimum absolute atomic E-state index is 0.233. The van der Waals surface area contributed by atoms with Crippen LogP contribution in [0, 0.1) is 11.6 Å². The van der Waals surface area contributed by atoms with Crippen molar-refractivity contribution in [1.29, 1.82) is 0 Å². The number of hydrogen-bond acceptors (Lipinski definition) is 2. The molecule has 0 amide bonds. The molecule has 1 aromatic carbocycles. The summed E-state index contributed by atoms with van der Waals surface area (Å²) < 4.78 is 25.4. The Kier molecular flexibility index (Phi) is 5.78. The molecule has 2 nitrogen and oxygen atoms in total. The molecule has 0 radical (unpaired) electrons. The first kappa shape index (κ1) is 12.9. The van der Waals surface area contributed by atoms with Crippen molar-refractivity contribution in [1.82, 2.24) is 0 Å². The van der Waals surface area contributed by atoms with Crippen molar-refractivity contribution in [2.24, 2.45) is 0 Å². The van der Waals surface area contributed by atoms with Crippen molar-refractivity contribution in [3.05, 3.63) is 29.8 Å². The summed E-state index contributed by atoms with van der Waals surface area (Å²) in [7, 11) is 0. The van der Waals surface area contributed by atoms with Gasteiger partial charge in [-0.15, -0.1) is 0 Å². The average molecular weight is 229 g/mol. The quantitative estimate of drug-likeness (QED) is 0.704. The molecule has 1 rings (SSSR count). The number of aliphatic hydroxyl groups excluding tert-OH is 1. The number of anilines is 1. The largest absolute Gasteiger partial charge is 0.396 e. The zero-order valence-electron chi connectivity index (χ0n) is 9.18. The average Bonchev–Trinajstić information content (AvgIpc) is 2.28. The molecule has 4 heteroatoms. The Labute approximate surface area is 94.3 Å². The van der Waals surface area contributed by atoms with Gasteiger partial charge in [-0.05, 0) is 31.0 Å². The first-order valence-corrected chi connectivity index (χ1v) is 5.54. The van der Waals surface area contributed by atoms with Gasteiger partial charge in [-0.1, -0.05) is 12.8 Å². The van der Waals surface area contributed by atoms with Crippen LogP contribution in [0.5, 0.6) is 0 Å². The fourth-order valence-electron chi connectivity index (χ4n) is 1.43. The van der Waals surface area contributed by atoms with Gasteiger partial charge >= 0.3 is 0 Å². The van der Waals surface area contributed by atoms with E-state index in [9.17, 15) is 8.78 Å². The van der Waals surface area contributed by atoms with Crippen LogP contribution in [0.25, 0.3) is 0 Å². The molecule has 0 unspecified atom stereocenters. The van der Waals surface area contributed by atoms with E-state index in [0.29, 0.717) is 5.69 Å². The van der Waals surface area contributed by atoms with Gasteiger partial charge in [-0.3, -0.25) is 0 Å². The molecule has 0 fully saturated rings. The molecule has 0 aliphatic carbocycles. The summed E-state index contributed by atoms with van der Waals surface area (Å²) in [6, 6.07) is 3.79. The monoisotopic (exact) mass is 229 g/mol. The first-order chi connectivity index (χ1) is 7.74. The minimum Gasteiger partial charge on any atom is -0.396 e. The van der Waals surface area contributed by atoms with E-state index in [4.69, 9.17) is 5.11 Å². The van der Waals surface area contributed by atoms with Crippen molar-refractivity contribution >= 4 is 5.69 Å². The molecule has 0 saturated carbocycles. The second-order valence-corrected chi connectivity index (χ2v) is 3.69. The van der Waals surface area contributed by atoms with Crippen molar-refractivity contribution in [3.63, 3.8) is 0 Å². The van der Waals surface area contributed by atoms with E-state index in [1.54, 1.807) is 0 Å². The van der Waals surface area contributed by atoms with E-state index < -0.39 is 11.6 Å². The number of unbranched alkanes of at least 4 members (excludes halogenated alkanes) is 3. The summed E-state index contributed by atoms with van der Waals surface area (Å²) in [5.74, 6) is -1.65. The predicted molar refractivity (Wildman–Crippen MR) is 60.4 cm³/mol. The number of rotatable bonds is 7. The van der Waals surface area contributed by atoms with Crippen LogP contribution < -0.4 is 5.32 Å². The zero-order chi connectivity index (χ0) is 11.8. The molecular weight excluding hydrogens is 212 g/mol. The lowest BCUT2D eigenvalue weighted by molar-refractivity contribution is 0.283. The highest BCUT2D eigenvalue weighted by molar-refractivity contribution is 5.43. The summed E-state index contributed by atoms with van der Waals surface area (Å²) in [5, 5.41) is 11.6. The fraction of sp³-hybridized carbons (Fsp3) is 0.500. The number of halogens is 2. The van der Waals surface area contributed by atoms with Crippen molar-refractivity contribution in [3.8, 4) is 0 Å². The molecule has 0 aromatic heterocycles. The van der Waals surface area contributed by atoms with Crippen LogP contribution in [0.1, 0.15) is 25.7 Å². The lowest BCUT2D eigenvalue weighted by atomic mass is 10.2. The number of hydrogen-bond donors (Lipinski definition) is 2. The highest BCUT2D eigenvalue weighted by Gasteiger charge is 2.01. The number of benzene rings is 1. The minimum atomic E-state index is -0.828. The van der Waals surface area contributed by atoms with E-state index >= 15 is 0 Å². The van der Waals surface area contributed by atoms with Gasteiger partial charge in [0.1, 0.15) is 0 Å². The topological polar surface area (TPSA) is 32.3 Å². The third-order valence-electron chi connectivity index (χ3n) is 2.33.